The lowest BCUT2D eigenvalue weighted by atomic mass is 10.1. The van der Waals surface area contributed by atoms with E-state index in [0.29, 0.717) is 5.69 Å². The molecule has 2 nitrogen and oxygen atoms in total. The molecule has 0 aromatic heterocycles. The third-order valence-corrected chi connectivity index (χ3v) is 3.41. The zero-order valence-corrected chi connectivity index (χ0v) is 11.8. The molecule has 0 aliphatic carbocycles. The molecule has 2 N–H and O–H groups in total. The fraction of sp³-hybridized carbons (Fsp3) is 0.143. The van der Waals surface area contributed by atoms with Crippen molar-refractivity contribution in [3.63, 3.8) is 0 Å². The van der Waals surface area contributed by atoms with Gasteiger partial charge in [0.2, 0.25) is 0 Å². The number of benzene rings is 2. The van der Waals surface area contributed by atoms with Gasteiger partial charge in [0.15, 0.2) is 11.6 Å². The van der Waals surface area contributed by atoms with Gasteiger partial charge in [0, 0.05) is 11.8 Å². The van der Waals surface area contributed by atoms with Crippen molar-refractivity contribution < 1.29 is 13.5 Å². The smallest absolute Gasteiger partial charge is 0.169 e. The summed E-state index contributed by atoms with van der Waals surface area (Å²) in [6, 6.07) is 7.38. The van der Waals surface area contributed by atoms with Crippen LogP contribution in [0.4, 0.5) is 14.5 Å². The molecule has 0 spiro atoms. The van der Waals surface area contributed by atoms with E-state index in [-0.39, 0.29) is 16.8 Å². The minimum atomic E-state index is -0.742. The van der Waals surface area contributed by atoms with Crippen LogP contribution in [0.5, 0.6) is 5.75 Å². The molecule has 100 valence electrons. The molecule has 0 bridgehead atoms. The van der Waals surface area contributed by atoms with E-state index >= 15 is 0 Å². The van der Waals surface area contributed by atoms with Gasteiger partial charge in [0.1, 0.15) is 12.4 Å². The minimum Gasteiger partial charge on any atom is -0.485 e. The lowest BCUT2D eigenvalue weighted by Crippen LogP contribution is -2.02. The minimum absolute atomic E-state index is 0.0109. The fourth-order valence-electron chi connectivity index (χ4n) is 1.68. The zero-order valence-electron chi connectivity index (χ0n) is 10.2. The van der Waals surface area contributed by atoms with Gasteiger partial charge in [-0.3, -0.25) is 0 Å². The van der Waals surface area contributed by atoms with Crippen LogP contribution in [-0.2, 0) is 6.61 Å². The summed E-state index contributed by atoms with van der Waals surface area (Å²) in [6.45, 7) is 2.03. The second kappa shape index (κ2) is 5.57. The van der Waals surface area contributed by atoms with E-state index in [4.69, 9.17) is 10.5 Å². The SMILES string of the molecule is Cc1c(N)cccc1COc1c(F)cc(F)cc1Br. The van der Waals surface area contributed by atoms with Crippen molar-refractivity contribution >= 4 is 21.6 Å². The van der Waals surface area contributed by atoms with Gasteiger partial charge in [-0.15, -0.1) is 0 Å². The zero-order chi connectivity index (χ0) is 14.0. The number of anilines is 1. The van der Waals surface area contributed by atoms with Gasteiger partial charge in [-0.25, -0.2) is 8.78 Å². The van der Waals surface area contributed by atoms with Crippen LogP contribution in [0.25, 0.3) is 0 Å². The first-order valence-electron chi connectivity index (χ1n) is 5.60. The third kappa shape index (κ3) is 3.04. The summed E-state index contributed by atoms with van der Waals surface area (Å²) < 4.78 is 32.2. The van der Waals surface area contributed by atoms with Crippen LogP contribution in [0.3, 0.4) is 0 Å². The summed E-state index contributed by atoms with van der Waals surface area (Å²) >= 11 is 3.07. The van der Waals surface area contributed by atoms with Crippen LogP contribution in [0.1, 0.15) is 11.1 Å². The summed E-state index contributed by atoms with van der Waals surface area (Å²) in [5, 5.41) is 0. The largest absolute Gasteiger partial charge is 0.485 e. The number of hydrogen-bond acceptors (Lipinski definition) is 2. The molecule has 2 rings (SSSR count). The van der Waals surface area contributed by atoms with Gasteiger partial charge in [-0.05, 0) is 46.1 Å². The molecule has 2 aromatic rings. The normalized spacial score (nSPS) is 10.5. The summed E-state index contributed by atoms with van der Waals surface area (Å²) in [5.41, 5.74) is 8.18. The van der Waals surface area contributed by atoms with Crippen LogP contribution >= 0.6 is 15.9 Å². The van der Waals surface area contributed by atoms with Crippen molar-refractivity contribution in [2.75, 3.05) is 5.73 Å². The monoisotopic (exact) mass is 327 g/mol. The predicted octanol–water partition coefficient (Wildman–Crippen LogP) is 4.20. The van der Waals surface area contributed by atoms with Crippen LogP contribution in [0, 0.1) is 18.6 Å². The Morgan fingerprint density at radius 2 is 2.00 bits per heavy atom. The highest BCUT2D eigenvalue weighted by Gasteiger charge is 2.12. The second-order valence-corrected chi connectivity index (χ2v) is 4.97. The number of ether oxygens (including phenoxy) is 1. The van der Waals surface area contributed by atoms with Crippen molar-refractivity contribution in [2.45, 2.75) is 13.5 Å². The number of halogens is 3. The van der Waals surface area contributed by atoms with Gasteiger partial charge in [0.05, 0.1) is 4.47 Å². The number of nitrogens with two attached hydrogens (primary N) is 1. The highest BCUT2D eigenvalue weighted by Crippen LogP contribution is 2.30. The van der Waals surface area contributed by atoms with E-state index in [1.807, 2.05) is 13.0 Å². The Kier molecular flexibility index (Phi) is 4.04. The van der Waals surface area contributed by atoms with E-state index in [2.05, 4.69) is 15.9 Å². The molecule has 0 unspecified atom stereocenters. The predicted molar refractivity (Wildman–Crippen MR) is 74.0 cm³/mol. The average Bonchev–Trinajstić information content (AvgIpc) is 2.33. The van der Waals surface area contributed by atoms with Crippen molar-refractivity contribution in [1.82, 2.24) is 0 Å². The Morgan fingerprint density at radius 1 is 1.26 bits per heavy atom. The van der Waals surface area contributed by atoms with Gasteiger partial charge in [-0.1, -0.05) is 12.1 Å². The van der Waals surface area contributed by atoms with Crippen LogP contribution in [0.15, 0.2) is 34.8 Å². The molecule has 5 heteroatoms. The van der Waals surface area contributed by atoms with E-state index in [1.165, 1.54) is 0 Å². The molecule has 0 heterocycles. The molecule has 0 aliphatic heterocycles. The fourth-order valence-corrected chi connectivity index (χ4v) is 2.20. The van der Waals surface area contributed by atoms with Gasteiger partial charge < -0.3 is 10.5 Å². The van der Waals surface area contributed by atoms with E-state index < -0.39 is 11.6 Å². The van der Waals surface area contributed by atoms with E-state index in [1.54, 1.807) is 12.1 Å². The maximum Gasteiger partial charge on any atom is 0.169 e. The topological polar surface area (TPSA) is 35.2 Å². The molecule has 2 aromatic carbocycles. The molecule has 0 fully saturated rings. The van der Waals surface area contributed by atoms with Gasteiger partial charge >= 0.3 is 0 Å². The van der Waals surface area contributed by atoms with E-state index in [0.717, 1.165) is 23.3 Å². The second-order valence-electron chi connectivity index (χ2n) is 4.12. The Morgan fingerprint density at radius 3 is 2.68 bits per heavy atom. The maximum absolute atomic E-state index is 13.6. The molecular formula is C14H12BrF2NO. The molecule has 0 saturated carbocycles. The first kappa shape index (κ1) is 13.8. The molecular weight excluding hydrogens is 316 g/mol. The lowest BCUT2D eigenvalue weighted by Gasteiger charge is -2.12. The summed E-state index contributed by atoms with van der Waals surface area (Å²) in [5.74, 6) is -1.41. The quantitative estimate of drug-likeness (QED) is 0.857. The molecule has 0 atom stereocenters. The average molecular weight is 328 g/mol. The summed E-state index contributed by atoms with van der Waals surface area (Å²) in [4.78, 5) is 0. The Balaban J connectivity index is 2.22. The number of nitrogen functional groups attached to an aromatic ring is 1. The number of hydrogen-bond donors (Lipinski definition) is 1. The van der Waals surface area contributed by atoms with Crippen LogP contribution in [0.2, 0.25) is 0 Å². The van der Waals surface area contributed by atoms with Crippen molar-refractivity contribution in [3.8, 4) is 5.75 Å². The summed E-state index contributed by atoms with van der Waals surface area (Å²) in [6.07, 6.45) is 0. The Hall–Kier alpha value is -1.62. The standard InChI is InChI=1S/C14H12BrF2NO/c1-8-9(3-2-4-13(8)18)7-19-14-11(15)5-10(16)6-12(14)17/h2-6H,7,18H2,1H3. The Labute approximate surface area is 118 Å². The van der Waals surface area contributed by atoms with Crippen molar-refractivity contribution in [1.29, 1.82) is 0 Å². The molecule has 0 radical (unpaired) electrons. The third-order valence-electron chi connectivity index (χ3n) is 2.82. The molecule has 0 saturated heterocycles. The first-order chi connectivity index (χ1) is 8.99. The first-order valence-corrected chi connectivity index (χ1v) is 6.39. The number of rotatable bonds is 3. The highest BCUT2D eigenvalue weighted by molar-refractivity contribution is 9.10. The van der Waals surface area contributed by atoms with Gasteiger partial charge in [-0.2, -0.15) is 0 Å². The van der Waals surface area contributed by atoms with Crippen LogP contribution < -0.4 is 10.5 Å². The maximum atomic E-state index is 13.6. The van der Waals surface area contributed by atoms with Gasteiger partial charge in [0.25, 0.3) is 0 Å². The Bertz CT molecular complexity index is 593. The highest BCUT2D eigenvalue weighted by atomic mass is 79.9. The van der Waals surface area contributed by atoms with E-state index in [9.17, 15) is 8.78 Å². The molecule has 0 amide bonds. The van der Waals surface area contributed by atoms with Crippen molar-refractivity contribution in [3.05, 3.63) is 57.6 Å². The molecule has 19 heavy (non-hydrogen) atoms. The van der Waals surface area contributed by atoms with Crippen LogP contribution in [-0.4, -0.2) is 0 Å². The summed E-state index contributed by atoms with van der Waals surface area (Å²) in [7, 11) is 0. The lowest BCUT2D eigenvalue weighted by molar-refractivity contribution is 0.286. The van der Waals surface area contributed by atoms with Crippen molar-refractivity contribution in [2.24, 2.45) is 0 Å². The molecule has 0 aliphatic rings.